The summed E-state index contributed by atoms with van der Waals surface area (Å²) in [6.45, 7) is 4.51. The second kappa shape index (κ2) is 17.8. The van der Waals surface area contributed by atoms with Crippen LogP contribution in [0, 0.1) is 0 Å². The molecule has 0 bridgehead atoms. The van der Waals surface area contributed by atoms with Gasteiger partial charge in [0, 0.05) is 0 Å². The molecule has 2 aromatic carbocycles. The number of carboxylic acid groups (broad SMARTS) is 1. The van der Waals surface area contributed by atoms with Crippen LogP contribution in [0.1, 0.15) is 128 Å². The maximum absolute atomic E-state index is 12.3. The van der Waals surface area contributed by atoms with Gasteiger partial charge in [-0.25, -0.2) is 4.79 Å². The summed E-state index contributed by atoms with van der Waals surface area (Å²) in [5.74, 6) is -0.768. The van der Waals surface area contributed by atoms with Crippen molar-refractivity contribution in [3.8, 4) is 0 Å². The zero-order valence-corrected chi connectivity index (χ0v) is 23.0. The molecule has 0 fully saturated rings. The standard InChI is InChI=1S/C29H44O2.Ca.2H/c1-3-5-7-9-11-13-15-19-24-23-25-20-17-18-22-27(25)28(29(30)31)26(24)21-16-14-12-10-8-6-4-2;;;/h17-18,20,22-23H,3-16,19,21H2,1-2H3,(H,30,31);;;/q;+2;2*-1. The average molecular weight is 467 g/mol. The third-order valence-corrected chi connectivity index (χ3v) is 6.54. The van der Waals surface area contributed by atoms with E-state index in [0.717, 1.165) is 42.0 Å². The number of fused-ring (bicyclic) bond motifs is 1. The molecule has 0 unspecified atom stereocenters. The average Bonchev–Trinajstić information content (AvgIpc) is 2.77. The van der Waals surface area contributed by atoms with Gasteiger partial charge >= 0.3 is 43.7 Å². The molecule has 32 heavy (non-hydrogen) atoms. The van der Waals surface area contributed by atoms with Gasteiger partial charge in [0.05, 0.1) is 5.56 Å². The van der Waals surface area contributed by atoms with Gasteiger partial charge < -0.3 is 7.96 Å². The molecule has 0 atom stereocenters. The van der Waals surface area contributed by atoms with Crippen LogP contribution in [0.2, 0.25) is 0 Å². The van der Waals surface area contributed by atoms with Crippen molar-refractivity contribution in [2.45, 2.75) is 117 Å². The van der Waals surface area contributed by atoms with E-state index in [9.17, 15) is 9.90 Å². The molecule has 0 spiro atoms. The maximum atomic E-state index is 12.3. The predicted octanol–water partition coefficient (Wildman–Crippen LogP) is 8.97. The first kappa shape index (κ1) is 29.5. The van der Waals surface area contributed by atoms with Gasteiger partial charge in [-0.05, 0) is 47.6 Å². The maximum Gasteiger partial charge on any atom is 2.00 e. The van der Waals surface area contributed by atoms with Crippen LogP contribution >= 0.6 is 0 Å². The van der Waals surface area contributed by atoms with E-state index in [0.29, 0.717) is 5.56 Å². The zero-order chi connectivity index (χ0) is 22.3. The molecule has 0 radical (unpaired) electrons. The molecular formula is C29H46CaO2. The van der Waals surface area contributed by atoms with Crippen LogP contribution in [-0.4, -0.2) is 48.8 Å². The molecular weight excluding hydrogens is 420 g/mol. The molecule has 2 aromatic rings. The van der Waals surface area contributed by atoms with Crippen LogP contribution in [0.15, 0.2) is 30.3 Å². The Morgan fingerprint density at radius 2 is 1.25 bits per heavy atom. The summed E-state index contributed by atoms with van der Waals surface area (Å²) in [5, 5.41) is 12.0. The van der Waals surface area contributed by atoms with Crippen molar-refractivity contribution in [1.29, 1.82) is 0 Å². The third-order valence-electron chi connectivity index (χ3n) is 6.54. The summed E-state index contributed by atoms with van der Waals surface area (Å²) in [6.07, 6.45) is 19.7. The first-order chi connectivity index (χ1) is 15.2. The van der Waals surface area contributed by atoms with E-state index in [1.165, 1.54) is 82.6 Å². The molecule has 176 valence electrons. The predicted molar refractivity (Wildman–Crippen MR) is 142 cm³/mol. The SMILES string of the molecule is CCCCCCCCCc1cc2ccccc2c(C(=O)O)c1CCCCCCCCC.[Ca+2].[H-].[H-]. The Kier molecular flexibility index (Phi) is 16.4. The molecule has 0 aliphatic rings. The van der Waals surface area contributed by atoms with Gasteiger partial charge in [0.25, 0.3) is 0 Å². The van der Waals surface area contributed by atoms with E-state index < -0.39 is 5.97 Å². The van der Waals surface area contributed by atoms with Crippen LogP contribution in [0.5, 0.6) is 0 Å². The molecule has 0 saturated heterocycles. The Balaban J connectivity index is 0. The van der Waals surface area contributed by atoms with Gasteiger partial charge in [-0.3, -0.25) is 0 Å². The van der Waals surface area contributed by atoms with Gasteiger partial charge in [0.15, 0.2) is 0 Å². The molecule has 0 amide bonds. The van der Waals surface area contributed by atoms with Gasteiger partial charge in [-0.1, -0.05) is 121 Å². The second-order valence-electron chi connectivity index (χ2n) is 9.16. The smallest absolute Gasteiger partial charge is 1.00 e. The second-order valence-corrected chi connectivity index (χ2v) is 9.16. The van der Waals surface area contributed by atoms with Gasteiger partial charge in [-0.15, -0.1) is 0 Å². The van der Waals surface area contributed by atoms with Crippen LogP contribution in [0.25, 0.3) is 10.8 Å². The van der Waals surface area contributed by atoms with Crippen LogP contribution < -0.4 is 0 Å². The van der Waals surface area contributed by atoms with Crippen molar-refractivity contribution < 1.29 is 12.8 Å². The Morgan fingerprint density at radius 3 is 1.81 bits per heavy atom. The summed E-state index contributed by atoms with van der Waals surface area (Å²) < 4.78 is 0. The minimum Gasteiger partial charge on any atom is -1.00 e. The van der Waals surface area contributed by atoms with E-state index in [-0.39, 0.29) is 40.6 Å². The van der Waals surface area contributed by atoms with Gasteiger partial charge in [0.1, 0.15) is 0 Å². The van der Waals surface area contributed by atoms with Gasteiger partial charge in [0.2, 0.25) is 0 Å². The number of carbonyl (C=O) groups is 1. The van der Waals surface area contributed by atoms with Crippen molar-refractivity contribution in [3.63, 3.8) is 0 Å². The first-order valence-corrected chi connectivity index (χ1v) is 13.0. The Labute approximate surface area is 229 Å². The molecule has 0 aromatic heterocycles. The number of rotatable bonds is 17. The third kappa shape index (κ3) is 10.1. The number of hydrogen-bond donors (Lipinski definition) is 1. The monoisotopic (exact) mass is 466 g/mol. The van der Waals surface area contributed by atoms with E-state index in [2.05, 4.69) is 26.0 Å². The summed E-state index contributed by atoms with van der Waals surface area (Å²) in [5.41, 5.74) is 2.93. The fourth-order valence-corrected chi connectivity index (χ4v) is 4.73. The normalized spacial score (nSPS) is 10.9. The Hall–Kier alpha value is -0.570. The summed E-state index contributed by atoms with van der Waals surface area (Å²) in [4.78, 5) is 12.3. The van der Waals surface area contributed by atoms with Gasteiger partial charge in [-0.2, -0.15) is 0 Å². The van der Waals surface area contributed by atoms with E-state index in [1.807, 2.05) is 18.2 Å². The molecule has 0 aliphatic heterocycles. The van der Waals surface area contributed by atoms with E-state index in [4.69, 9.17) is 0 Å². The fourth-order valence-electron chi connectivity index (χ4n) is 4.73. The summed E-state index contributed by atoms with van der Waals surface area (Å²) >= 11 is 0. The summed E-state index contributed by atoms with van der Waals surface area (Å²) in [7, 11) is 0. The van der Waals surface area contributed by atoms with Crippen molar-refractivity contribution in [2.24, 2.45) is 0 Å². The zero-order valence-electron chi connectivity index (χ0n) is 22.8. The molecule has 0 heterocycles. The molecule has 1 N–H and O–H groups in total. The number of aromatic carboxylic acids is 1. The van der Waals surface area contributed by atoms with Crippen molar-refractivity contribution in [3.05, 3.63) is 47.0 Å². The number of unbranched alkanes of at least 4 members (excludes halogenated alkanes) is 12. The largest absolute Gasteiger partial charge is 2.00 e. The molecule has 0 aliphatic carbocycles. The van der Waals surface area contributed by atoms with E-state index >= 15 is 0 Å². The minimum atomic E-state index is -0.768. The van der Waals surface area contributed by atoms with E-state index in [1.54, 1.807) is 0 Å². The Morgan fingerprint density at radius 1 is 0.750 bits per heavy atom. The van der Waals surface area contributed by atoms with Crippen LogP contribution in [0.3, 0.4) is 0 Å². The first-order valence-electron chi connectivity index (χ1n) is 13.0. The molecule has 0 saturated carbocycles. The fraction of sp³-hybridized carbons (Fsp3) is 0.621. The topological polar surface area (TPSA) is 37.3 Å². The number of aryl methyl sites for hydroxylation is 1. The summed E-state index contributed by atoms with van der Waals surface area (Å²) in [6, 6.07) is 10.3. The number of carboxylic acids is 1. The molecule has 3 heteroatoms. The quantitative estimate of drug-likeness (QED) is 0.186. The number of benzene rings is 2. The number of hydrogen-bond acceptors (Lipinski definition) is 1. The van der Waals surface area contributed by atoms with Crippen LogP contribution in [-0.2, 0) is 12.8 Å². The molecule has 2 rings (SSSR count). The molecule has 2 nitrogen and oxygen atoms in total. The van der Waals surface area contributed by atoms with Crippen molar-refractivity contribution in [2.75, 3.05) is 0 Å². The van der Waals surface area contributed by atoms with Crippen molar-refractivity contribution >= 4 is 54.5 Å². The van der Waals surface area contributed by atoms with Crippen LogP contribution in [0.4, 0.5) is 0 Å². The Bertz CT molecular complexity index is 795. The minimum absolute atomic E-state index is 0. The van der Waals surface area contributed by atoms with Crippen molar-refractivity contribution in [1.82, 2.24) is 0 Å².